The Kier molecular flexibility index (Phi) is 6.51. The molecule has 0 unspecified atom stereocenters. The van der Waals surface area contributed by atoms with Crippen molar-refractivity contribution in [3.63, 3.8) is 0 Å². The molecule has 1 N–H and O–H groups in total. The van der Waals surface area contributed by atoms with Crippen LogP contribution >= 0.6 is 0 Å². The Morgan fingerprint density at radius 3 is 2.64 bits per heavy atom. The van der Waals surface area contributed by atoms with Crippen LogP contribution in [0.1, 0.15) is 60.6 Å². The van der Waals surface area contributed by atoms with Crippen molar-refractivity contribution in [3.05, 3.63) is 59.3 Å². The molecule has 7 nitrogen and oxygen atoms in total. The zero-order valence-electron chi connectivity index (χ0n) is 21.5. The lowest BCUT2D eigenvalue weighted by Crippen LogP contribution is -2.38. The van der Waals surface area contributed by atoms with Gasteiger partial charge in [-0.25, -0.2) is 4.79 Å². The summed E-state index contributed by atoms with van der Waals surface area (Å²) in [6, 6.07) is 12.1. The summed E-state index contributed by atoms with van der Waals surface area (Å²) < 4.78 is 19.2. The molecule has 0 aliphatic carbocycles. The molecule has 5 rings (SSSR count). The molecule has 3 aromatic rings. The molecule has 2 aliphatic rings. The maximum Gasteiger partial charge on any atom is 0.337 e. The van der Waals surface area contributed by atoms with E-state index in [0.717, 1.165) is 72.4 Å². The van der Waals surface area contributed by atoms with Crippen molar-refractivity contribution in [2.45, 2.75) is 51.2 Å². The van der Waals surface area contributed by atoms with Crippen LogP contribution in [-0.4, -0.2) is 65.5 Å². The van der Waals surface area contributed by atoms with Crippen molar-refractivity contribution < 1.29 is 23.8 Å². The normalized spacial score (nSPS) is 18.1. The van der Waals surface area contributed by atoms with Gasteiger partial charge in [0, 0.05) is 43.0 Å². The van der Waals surface area contributed by atoms with Gasteiger partial charge in [0.25, 0.3) is 0 Å². The highest BCUT2D eigenvalue weighted by Crippen LogP contribution is 2.40. The fourth-order valence-corrected chi connectivity index (χ4v) is 5.60. The monoisotopic (exact) mass is 491 g/mol. The van der Waals surface area contributed by atoms with Gasteiger partial charge in [0.2, 0.25) is 0 Å². The standard InChI is InChI=1S/C29H34N2O5/c1-29(2)18-25(32)22-7-8-26(34-3)23(27(22)36-29)12-15-30-13-10-21(11-14-30)31-16-9-19-5-6-20(17-24(19)31)28(33)35-4/h5-9,16-17,21H,10-15,18H2,1-4H3/p+1. The second-order valence-electron chi connectivity index (χ2n) is 10.4. The Morgan fingerprint density at radius 2 is 1.92 bits per heavy atom. The summed E-state index contributed by atoms with van der Waals surface area (Å²) in [6.07, 6.45) is 5.49. The molecule has 36 heavy (non-hydrogen) atoms. The van der Waals surface area contributed by atoms with Crippen LogP contribution in [0, 0.1) is 0 Å². The molecule has 1 saturated heterocycles. The van der Waals surface area contributed by atoms with Gasteiger partial charge in [0.05, 0.1) is 19.8 Å². The maximum absolute atomic E-state index is 12.0. The van der Waals surface area contributed by atoms with Gasteiger partial charge in [0.1, 0.15) is 29.1 Å². The topological polar surface area (TPSA) is 74.3 Å². The van der Waals surface area contributed by atoms with Crippen LogP contribution in [0.25, 0.3) is 10.9 Å². The minimum absolute atomic E-state index is 0.309. The summed E-state index contributed by atoms with van der Waals surface area (Å²) in [5, 5.41) is 1.13. The molecule has 3 heterocycles. The first-order valence-electron chi connectivity index (χ1n) is 12.6. The van der Waals surface area contributed by atoms with Crippen LogP contribution in [0.15, 0.2) is 42.6 Å². The van der Waals surface area contributed by atoms with E-state index in [0.29, 0.717) is 23.8 Å². The van der Waals surface area contributed by atoms with Crippen LogP contribution in [0.4, 0.5) is 0 Å². The number of rotatable bonds is 6. The van der Waals surface area contributed by atoms with E-state index in [1.54, 1.807) is 7.11 Å². The van der Waals surface area contributed by atoms with Crippen molar-refractivity contribution in [1.29, 1.82) is 0 Å². The Labute approximate surface area is 211 Å². The predicted octanol–water partition coefficient (Wildman–Crippen LogP) is 4.77. The van der Waals surface area contributed by atoms with Gasteiger partial charge >= 0.3 is 11.8 Å². The SMILES string of the molecule is COC(=O)c1ccc2ccn(C3CCN(CCc4c(OC)ccc5c4OC(C)(C)CC5=[OH+])CC3)c2c1. The minimum Gasteiger partial charge on any atom is -0.496 e. The third-order valence-corrected chi connectivity index (χ3v) is 7.49. The average molecular weight is 492 g/mol. The zero-order chi connectivity index (χ0) is 25.4. The van der Waals surface area contributed by atoms with Gasteiger partial charge in [-0.15, -0.1) is 0 Å². The molecule has 0 saturated carbocycles. The van der Waals surface area contributed by atoms with Gasteiger partial charge in [-0.1, -0.05) is 6.07 Å². The van der Waals surface area contributed by atoms with Gasteiger partial charge < -0.3 is 23.7 Å². The van der Waals surface area contributed by atoms with Crippen molar-refractivity contribution in [1.82, 2.24) is 9.47 Å². The summed E-state index contributed by atoms with van der Waals surface area (Å²) in [7, 11) is 3.09. The van der Waals surface area contributed by atoms with E-state index in [2.05, 4.69) is 21.7 Å². The number of nitrogens with zero attached hydrogens (tertiary/aromatic N) is 2. The number of piperidine rings is 1. The number of ether oxygens (including phenoxy) is 3. The fraction of sp³-hybridized carbons (Fsp3) is 0.448. The van der Waals surface area contributed by atoms with Gasteiger partial charge in [-0.3, -0.25) is 4.79 Å². The molecule has 1 fully saturated rings. The van der Waals surface area contributed by atoms with Crippen molar-refractivity contribution in [3.8, 4) is 11.5 Å². The molecule has 190 valence electrons. The highest BCUT2D eigenvalue weighted by molar-refractivity contribution is 6.01. The van der Waals surface area contributed by atoms with Gasteiger partial charge in [-0.05, 0) is 68.8 Å². The molecule has 1 aromatic heterocycles. The Morgan fingerprint density at radius 1 is 1.14 bits per heavy atom. The lowest BCUT2D eigenvalue weighted by atomic mass is 9.90. The molecule has 0 radical (unpaired) electrons. The number of hydrogen-bond donors (Lipinski definition) is 0. The molecule has 0 amide bonds. The number of ketones is 1. The number of fused-ring (bicyclic) bond motifs is 2. The number of carbonyl (C=O) groups excluding carboxylic acids is 2. The summed E-state index contributed by atoms with van der Waals surface area (Å²) in [4.78, 5) is 25.1. The van der Waals surface area contributed by atoms with Crippen LogP contribution in [0.5, 0.6) is 11.5 Å². The van der Waals surface area contributed by atoms with Gasteiger partial charge in [0.15, 0.2) is 0 Å². The van der Waals surface area contributed by atoms with Crippen molar-refractivity contribution in [2.24, 2.45) is 0 Å². The van der Waals surface area contributed by atoms with E-state index in [-0.39, 0.29) is 5.97 Å². The lowest BCUT2D eigenvalue weighted by molar-refractivity contribution is 0.0600. The average Bonchev–Trinajstić information content (AvgIpc) is 3.29. The molecular weight excluding hydrogens is 456 g/mol. The largest absolute Gasteiger partial charge is 0.496 e. The fourth-order valence-electron chi connectivity index (χ4n) is 5.60. The number of aromatic nitrogens is 1. The summed E-state index contributed by atoms with van der Waals surface area (Å²) in [5.74, 6) is 1.61. The molecule has 0 bridgehead atoms. The van der Waals surface area contributed by atoms with Crippen LogP contribution in [0.2, 0.25) is 0 Å². The van der Waals surface area contributed by atoms with Crippen LogP contribution in [0.3, 0.4) is 0 Å². The second kappa shape index (κ2) is 9.62. The first-order valence-corrected chi connectivity index (χ1v) is 12.6. The lowest BCUT2D eigenvalue weighted by Gasteiger charge is -2.34. The molecular formula is C29H35N2O5+. The highest BCUT2D eigenvalue weighted by Gasteiger charge is 2.38. The van der Waals surface area contributed by atoms with E-state index >= 15 is 0 Å². The zero-order valence-corrected chi connectivity index (χ0v) is 21.5. The number of hydrogen-bond acceptors (Lipinski definition) is 5. The number of benzene rings is 2. The van der Waals surface area contributed by atoms with E-state index in [1.165, 1.54) is 7.11 Å². The van der Waals surface area contributed by atoms with Crippen molar-refractivity contribution >= 4 is 22.7 Å². The Hall–Kier alpha value is -3.32. The third kappa shape index (κ3) is 4.60. The first kappa shape index (κ1) is 24.4. The van der Waals surface area contributed by atoms with E-state index < -0.39 is 5.60 Å². The summed E-state index contributed by atoms with van der Waals surface area (Å²) >= 11 is 0. The summed E-state index contributed by atoms with van der Waals surface area (Å²) in [6.45, 7) is 6.87. The van der Waals surface area contributed by atoms with Crippen LogP contribution in [-0.2, 0) is 11.2 Å². The maximum atomic E-state index is 12.0. The summed E-state index contributed by atoms with van der Waals surface area (Å²) in [5.41, 5.74) is 2.99. The number of methoxy groups -OCH3 is 2. The molecule has 0 spiro atoms. The second-order valence-corrected chi connectivity index (χ2v) is 10.4. The third-order valence-electron chi connectivity index (χ3n) is 7.49. The minimum atomic E-state index is -0.455. The van der Waals surface area contributed by atoms with E-state index in [1.807, 2.05) is 44.2 Å². The number of esters is 1. The Balaban J connectivity index is 1.28. The molecule has 7 heteroatoms. The van der Waals surface area contributed by atoms with E-state index in [4.69, 9.17) is 14.2 Å². The van der Waals surface area contributed by atoms with E-state index in [9.17, 15) is 9.59 Å². The Bertz CT molecular complexity index is 1300. The number of carbonyl (C=O) groups is 1. The quantitative estimate of drug-likeness (QED) is 0.367. The van der Waals surface area contributed by atoms with Crippen LogP contribution < -0.4 is 9.47 Å². The first-order chi connectivity index (χ1) is 17.3. The highest BCUT2D eigenvalue weighted by atomic mass is 16.5. The molecule has 2 aliphatic heterocycles. The predicted molar refractivity (Wildman–Crippen MR) is 140 cm³/mol. The number of likely N-dealkylation sites (tertiary alicyclic amines) is 1. The molecule has 0 atom stereocenters. The molecule has 2 aromatic carbocycles. The smallest absolute Gasteiger partial charge is 0.337 e. The van der Waals surface area contributed by atoms with Crippen molar-refractivity contribution in [2.75, 3.05) is 33.9 Å². The van der Waals surface area contributed by atoms with Gasteiger partial charge in [-0.2, -0.15) is 0 Å².